The molecule has 0 N–H and O–H groups in total. The van der Waals surface area contributed by atoms with Crippen LogP contribution in [0, 0.1) is 0 Å². The largest absolute Gasteiger partial charge is 0.457 e. The number of aryl methyl sites for hydroxylation is 1. The molecule has 0 spiro atoms. The minimum absolute atomic E-state index is 0.146. The second-order valence-electron chi connectivity index (χ2n) is 4.55. The van der Waals surface area contributed by atoms with Crippen molar-refractivity contribution in [1.29, 1.82) is 0 Å². The molecule has 1 nitrogen and oxygen atoms in total. The molecule has 2 aromatic rings. The fraction of sp³-hybridized carbons (Fsp3) is 0.250. The summed E-state index contributed by atoms with van der Waals surface area (Å²) in [5.74, 6) is 0.697. The van der Waals surface area contributed by atoms with Crippen molar-refractivity contribution in [1.82, 2.24) is 0 Å². The fourth-order valence-corrected chi connectivity index (χ4v) is 2.42. The lowest BCUT2D eigenvalue weighted by Gasteiger charge is -2.14. The molecule has 0 heterocycles. The number of rotatable bonds is 4. The van der Waals surface area contributed by atoms with Gasteiger partial charge in [-0.3, -0.25) is 0 Å². The number of benzene rings is 2. The second-order valence-corrected chi connectivity index (χ2v) is 5.11. The zero-order valence-corrected chi connectivity index (χ0v) is 13.0. The van der Waals surface area contributed by atoms with Crippen LogP contribution in [-0.2, 0) is 17.9 Å². The van der Waals surface area contributed by atoms with Crippen LogP contribution in [0.3, 0.4) is 0 Å². The van der Waals surface area contributed by atoms with Crippen molar-refractivity contribution in [2.24, 2.45) is 0 Å². The second kappa shape index (κ2) is 6.52. The van der Waals surface area contributed by atoms with Crippen molar-refractivity contribution in [3.05, 3.63) is 59.2 Å². The highest BCUT2D eigenvalue weighted by molar-refractivity contribution is 9.08. The Bertz CT molecular complexity index is 606. The Kier molecular flexibility index (Phi) is 4.93. The van der Waals surface area contributed by atoms with Crippen LogP contribution in [0.25, 0.3) is 0 Å². The van der Waals surface area contributed by atoms with Crippen LogP contribution in [0.4, 0.5) is 13.2 Å². The maximum atomic E-state index is 13.0. The van der Waals surface area contributed by atoms with E-state index in [4.69, 9.17) is 4.74 Å². The molecule has 0 aliphatic heterocycles. The van der Waals surface area contributed by atoms with Gasteiger partial charge >= 0.3 is 6.18 Å². The van der Waals surface area contributed by atoms with Gasteiger partial charge in [0.25, 0.3) is 0 Å². The van der Waals surface area contributed by atoms with Crippen molar-refractivity contribution < 1.29 is 17.9 Å². The molecular weight excluding hydrogens is 345 g/mol. The molecule has 2 aromatic carbocycles. The average molecular weight is 359 g/mol. The summed E-state index contributed by atoms with van der Waals surface area (Å²) in [6.07, 6.45) is -3.49. The Morgan fingerprint density at radius 3 is 2.14 bits per heavy atom. The van der Waals surface area contributed by atoms with Crippen molar-refractivity contribution >= 4 is 15.9 Å². The predicted molar refractivity (Wildman–Crippen MR) is 80.0 cm³/mol. The van der Waals surface area contributed by atoms with E-state index in [9.17, 15) is 13.2 Å². The van der Waals surface area contributed by atoms with Gasteiger partial charge in [-0.15, -0.1) is 0 Å². The van der Waals surface area contributed by atoms with Gasteiger partial charge in [0.2, 0.25) is 0 Å². The highest BCUT2D eigenvalue weighted by Crippen LogP contribution is 2.36. The Balaban J connectivity index is 2.27. The smallest absolute Gasteiger partial charge is 0.416 e. The topological polar surface area (TPSA) is 9.23 Å². The van der Waals surface area contributed by atoms with Crippen molar-refractivity contribution in [3.8, 4) is 11.5 Å². The highest BCUT2D eigenvalue weighted by Gasteiger charge is 2.33. The Labute approximate surface area is 129 Å². The van der Waals surface area contributed by atoms with Crippen LogP contribution >= 0.6 is 15.9 Å². The Morgan fingerprint density at radius 1 is 1.00 bits per heavy atom. The van der Waals surface area contributed by atoms with Gasteiger partial charge in [-0.25, -0.2) is 0 Å². The Morgan fingerprint density at radius 2 is 1.62 bits per heavy atom. The molecule has 0 aliphatic rings. The molecule has 0 aromatic heterocycles. The fourth-order valence-electron chi connectivity index (χ4n) is 1.93. The zero-order chi connectivity index (χ0) is 15.5. The summed E-state index contributed by atoms with van der Waals surface area (Å²) in [5, 5.41) is 0.146. The van der Waals surface area contributed by atoms with Gasteiger partial charge in [0, 0.05) is 5.33 Å². The molecule has 0 aliphatic carbocycles. The van der Waals surface area contributed by atoms with Crippen molar-refractivity contribution in [3.63, 3.8) is 0 Å². The first kappa shape index (κ1) is 15.9. The molecular formula is C16H14BrF3O. The minimum Gasteiger partial charge on any atom is -0.457 e. The van der Waals surface area contributed by atoms with Crippen LogP contribution in [0.5, 0.6) is 11.5 Å². The number of ether oxygens (including phenoxy) is 1. The molecule has 0 atom stereocenters. The molecule has 0 unspecified atom stereocenters. The third-order valence-corrected chi connectivity index (χ3v) is 3.70. The molecule has 21 heavy (non-hydrogen) atoms. The minimum atomic E-state index is -4.39. The number of hydrogen-bond acceptors (Lipinski definition) is 1. The van der Waals surface area contributed by atoms with E-state index in [1.165, 1.54) is 6.07 Å². The van der Waals surface area contributed by atoms with Crippen molar-refractivity contribution in [2.75, 3.05) is 0 Å². The lowest BCUT2D eigenvalue weighted by atomic mass is 10.1. The lowest BCUT2D eigenvalue weighted by molar-refractivity contribution is -0.138. The first-order chi connectivity index (χ1) is 9.94. The summed E-state index contributed by atoms with van der Waals surface area (Å²) in [7, 11) is 0. The van der Waals surface area contributed by atoms with Gasteiger partial charge in [0.1, 0.15) is 11.5 Å². The number of alkyl halides is 4. The molecule has 0 fully saturated rings. The zero-order valence-electron chi connectivity index (χ0n) is 11.4. The molecule has 112 valence electrons. The third-order valence-electron chi connectivity index (χ3n) is 3.10. The van der Waals surface area contributed by atoms with E-state index in [0.717, 1.165) is 18.1 Å². The van der Waals surface area contributed by atoms with Crippen LogP contribution < -0.4 is 4.74 Å². The Hall–Kier alpha value is -1.49. The maximum Gasteiger partial charge on any atom is 0.416 e. The summed E-state index contributed by atoms with van der Waals surface area (Å²) < 4.78 is 44.4. The summed E-state index contributed by atoms with van der Waals surface area (Å²) in [6, 6.07) is 11.3. The normalized spacial score (nSPS) is 11.5. The lowest BCUT2D eigenvalue weighted by Crippen LogP contribution is -2.08. The third kappa shape index (κ3) is 4.00. The van der Waals surface area contributed by atoms with E-state index >= 15 is 0 Å². The van der Waals surface area contributed by atoms with Gasteiger partial charge in [0.05, 0.1) is 5.56 Å². The monoisotopic (exact) mass is 358 g/mol. The summed E-state index contributed by atoms with van der Waals surface area (Å²) in [4.78, 5) is 0. The van der Waals surface area contributed by atoms with Crippen LogP contribution in [0.1, 0.15) is 23.6 Å². The first-order valence-electron chi connectivity index (χ1n) is 6.47. The molecule has 0 amide bonds. The van der Waals surface area contributed by atoms with E-state index in [1.807, 2.05) is 19.1 Å². The van der Waals surface area contributed by atoms with E-state index < -0.39 is 11.7 Å². The van der Waals surface area contributed by atoms with Gasteiger partial charge in [-0.1, -0.05) is 41.1 Å². The van der Waals surface area contributed by atoms with Gasteiger partial charge in [0.15, 0.2) is 0 Å². The summed E-state index contributed by atoms with van der Waals surface area (Å²) in [6.45, 7) is 2.03. The highest BCUT2D eigenvalue weighted by atomic mass is 79.9. The number of halogens is 4. The van der Waals surface area contributed by atoms with Crippen LogP contribution in [-0.4, -0.2) is 0 Å². The number of hydrogen-bond donors (Lipinski definition) is 0. The van der Waals surface area contributed by atoms with Crippen molar-refractivity contribution in [2.45, 2.75) is 24.9 Å². The van der Waals surface area contributed by atoms with Crippen LogP contribution in [0.2, 0.25) is 0 Å². The maximum absolute atomic E-state index is 13.0. The summed E-state index contributed by atoms with van der Waals surface area (Å²) in [5.41, 5.74) is 0.659. The van der Waals surface area contributed by atoms with E-state index in [1.54, 1.807) is 18.2 Å². The molecule has 0 saturated carbocycles. The predicted octanol–water partition coefficient (Wildman–Crippen LogP) is 5.96. The van der Waals surface area contributed by atoms with E-state index in [2.05, 4.69) is 15.9 Å². The molecule has 0 saturated heterocycles. The van der Waals surface area contributed by atoms with E-state index in [-0.39, 0.29) is 16.6 Å². The van der Waals surface area contributed by atoms with Crippen LogP contribution in [0.15, 0.2) is 42.5 Å². The van der Waals surface area contributed by atoms with Gasteiger partial charge in [-0.2, -0.15) is 13.2 Å². The standard InChI is InChI=1S/C16H14BrF3O/c1-2-11-3-6-13(7-4-11)21-14-8-5-12(10-17)15(9-14)16(18,19)20/h3-9H,2,10H2,1H3. The summed E-state index contributed by atoms with van der Waals surface area (Å²) >= 11 is 3.07. The molecule has 0 radical (unpaired) electrons. The molecule has 0 bridgehead atoms. The average Bonchev–Trinajstić information content (AvgIpc) is 2.47. The van der Waals surface area contributed by atoms with Gasteiger partial charge < -0.3 is 4.74 Å². The van der Waals surface area contributed by atoms with Gasteiger partial charge in [-0.05, 0) is 41.8 Å². The quantitative estimate of drug-likeness (QED) is 0.613. The van der Waals surface area contributed by atoms with E-state index in [0.29, 0.717) is 5.75 Å². The SMILES string of the molecule is CCc1ccc(Oc2ccc(CBr)c(C(F)(F)F)c2)cc1. The molecule has 5 heteroatoms. The first-order valence-corrected chi connectivity index (χ1v) is 7.59. The molecule has 2 rings (SSSR count).